The van der Waals surface area contributed by atoms with Crippen molar-refractivity contribution in [1.82, 2.24) is 19.2 Å². The first-order valence-electron chi connectivity index (χ1n) is 11.5. The summed E-state index contributed by atoms with van der Waals surface area (Å²) in [6.07, 6.45) is 1.90. The normalized spacial score (nSPS) is 15.7. The minimum absolute atomic E-state index is 0.0189. The molecule has 176 valence electrons. The fourth-order valence-electron chi connectivity index (χ4n) is 4.45. The van der Waals surface area contributed by atoms with Gasteiger partial charge in [0.1, 0.15) is 5.82 Å². The molecule has 8 heteroatoms. The van der Waals surface area contributed by atoms with Crippen LogP contribution in [-0.4, -0.2) is 47.8 Å². The summed E-state index contributed by atoms with van der Waals surface area (Å²) < 4.78 is 29.7. The van der Waals surface area contributed by atoms with Gasteiger partial charge in [-0.05, 0) is 75.4 Å². The molecule has 2 heterocycles. The Bertz CT molecular complexity index is 1260. The Morgan fingerprint density at radius 3 is 2.52 bits per heavy atom. The van der Waals surface area contributed by atoms with Crippen LogP contribution in [0.15, 0.2) is 47.4 Å². The number of rotatable bonds is 7. The number of benzene rings is 2. The van der Waals surface area contributed by atoms with E-state index in [9.17, 15) is 13.2 Å². The third kappa shape index (κ3) is 4.96. The van der Waals surface area contributed by atoms with Crippen LogP contribution >= 0.6 is 0 Å². The predicted octanol–water partition coefficient (Wildman–Crippen LogP) is 3.57. The Balaban J connectivity index is 1.26. The van der Waals surface area contributed by atoms with Crippen molar-refractivity contribution in [2.45, 2.75) is 51.5 Å². The van der Waals surface area contributed by atoms with Crippen molar-refractivity contribution in [2.75, 3.05) is 19.6 Å². The van der Waals surface area contributed by atoms with E-state index in [1.165, 1.54) is 4.31 Å². The van der Waals surface area contributed by atoms with E-state index in [-0.39, 0.29) is 11.8 Å². The number of aryl methyl sites for hydroxylation is 4. The second-order valence-corrected chi connectivity index (χ2v) is 10.8. The molecule has 1 saturated heterocycles. The minimum Gasteiger partial charge on any atom is -0.356 e. The number of carbonyl (C=O) groups excluding carboxylic acids is 1. The fourth-order valence-corrected chi connectivity index (χ4v) is 6.01. The average molecular weight is 469 g/mol. The van der Waals surface area contributed by atoms with Crippen molar-refractivity contribution in [1.29, 1.82) is 0 Å². The molecule has 0 atom stereocenters. The number of para-hydroxylation sites is 2. The Kier molecular flexibility index (Phi) is 6.86. The summed E-state index contributed by atoms with van der Waals surface area (Å²) in [4.78, 5) is 17.6. The van der Waals surface area contributed by atoms with Crippen LogP contribution in [0, 0.1) is 26.7 Å². The molecule has 0 aliphatic carbocycles. The largest absolute Gasteiger partial charge is 0.356 e. The number of fused-ring (bicyclic) bond motifs is 1. The molecule has 33 heavy (non-hydrogen) atoms. The maximum atomic E-state index is 13.0. The summed E-state index contributed by atoms with van der Waals surface area (Å²) >= 11 is 0. The van der Waals surface area contributed by atoms with E-state index in [1.54, 1.807) is 12.1 Å². The van der Waals surface area contributed by atoms with Gasteiger partial charge in [0, 0.05) is 32.1 Å². The SMILES string of the molecule is Cc1ccc(S(=O)(=O)N2CCC(C(=O)NCCCn3c(C)nc4ccccc43)CC2)cc1C. The van der Waals surface area contributed by atoms with E-state index in [1.807, 2.05) is 45.0 Å². The van der Waals surface area contributed by atoms with Crippen molar-refractivity contribution >= 4 is 27.0 Å². The number of hydrogen-bond acceptors (Lipinski definition) is 4. The number of amides is 1. The molecule has 1 amide bonds. The Hall–Kier alpha value is -2.71. The molecule has 7 nitrogen and oxygen atoms in total. The van der Waals surface area contributed by atoms with Gasteiger partial charge in [-0.15, -0.1) is 0 Å². The lowest BCUT2D eigenvalue weighted by Gasteiger charge is -2.30. The average Bonchev–Trinajstić information content (AvgIpc) is 3.13. The zero-order chi connectivity index (χ0) is 23.6. The van der Waals surface area contributed by atoms with Gasteiger partial charge in [0.05, 0.1) is 15.9 Å². The van der Waals surface area contributed by atoms with Crippen molar-refractivity contribution in [3.05, 3.63) is 59.4 Å². The number of imidazole rings is 1. The molecule has 4 rings (SSSR count). The number of carbonyl (C=O) groups is 1. The number of hydrogen-bond donors (Lipinski definition) is 1. The molecule has 0 radical (unpaired) electrons. The van der Waals surface area contributed by atoms with Gasteiger partial charge < -0.3 is 9.88 Å². The quantitative estimate of drug-likeness (QED) is 0.537. The van der Waals surface area contributed by atoms with Crippen LogP contribution in [-0.2, 0) is 21.4 Å². The van der Waals surface area contributed by atoms with Crippen LogP contribution in [0.3, 0.4) is 0 Å². The number of nitrogens with zero attached hydrogens (tertiary/aromatic N) is 3. The Morgan fingerprint density at radius 2 is 1.79 bits per heavy atom. The molecule has 3 aromatic rings. The van der Waals surface area contributed by atoms with Crippen LogP contribution in [0.1, 0.15) is 36.2 Å². The molecule has 1 aliphatic rings. The van der Waals surface area contributed by atoms with Crippen molar-refractivity contribution in [2.24, 2.45) is 5.92 Å². The van der Waals surface area contributed by atoms with Crippen LogP contribution in [0.4, 0.5) is 0 Å². The summed E-state index contributed by atoms with van der Waals surface area (Å²) in [5, 5.41) is 3.04. The van der Waals surface area contributed by atoms with Crippen molar-refractivity contribution in [3.63, 3.8) is 0 Å². The van der Waals surface area contributed by atoms with E-state index >= 15 is 0 Å². The first-order chi connectivity index (χ1) is 15.8. The third-order valence-electron chi connectivity index (χ3n) is 6.64. The molecule has 1 fully saturated rings. The van der Waals surface area contributed by atoms with E-state index in [4.69, 9.17) is 0 Å². The van der Waals surface area contributed by atoms with Crippen LogP contribution in [0.2, 0.25) is 0 Å². The molecule has 2 aromatic carbocycles. The maximum Gasteiger partial charge on any atom is 0.243 e. The van der Waals surface area contributed by atoms with Crippen LogP contribution in [0.5, 0.6) is 0 Å². The van der Waals surface area contributed by atoms with Gasteiger partial charge in [0.2, 0.25) is 15.9 Å². The molecular weight excluding hydrogens is 436 g/mol. The Morgan fingerprint density at radius 1 is 1.06 bits per heavy atom. The van der Waals surface area contributed by atoms with Crippen molar-refractivity contribution in [3.8, 4) is 0 Å². The lowest BCUT2D eigenvalue weighted by Crippen LogP contribution is -2.43. The predicted molar refractivity (Wildman–Crippen MR) is 129 cm³/mol. The summed E-state index contributed by atoms with van der Waals surface area (Å²) in [5.41, 5.74) is 4.13. The lowest BCUT2D eigenvalue weighted by molar-refractivity contribution is -0.126. The van der Waals surface area contributed by atoms with E-state index in [2.05, 4.69) is 20.9 Å². The summed E-state index contributed by atoms with van der Waals surface area (Å²) in [6, 6.07) is 13.3. The summed E-state index contributed by atoms with van der Waals surface area (Å²) in [7, 11) is -3.53. The smallest absolute Gasteiger partial charge is 0.243 e. The third-order valence-corrected chi connectivity index (χ3v) is 8.54. The molecule has 0 spiro atoms. The zero-order valence-electron chi connectivity index (χ0n) is 19.5. The zero-order valence-corrected chi connectivity index (χ0v) is 20.4. The van der Waals surface area contributed by atoms with Gasteiger partial charge in [-0.2, -0.15) is 4.31 Å². The van der Waals surface area contributed by atoms with Gasteiger partial charge in [0.25, 0.3) is 0 Å². The number of sulfonamides is 1. The number of piperidine rings is 1. The van der Waals surface area contributed by atoms with Gasteiger partial charge in [-0.25, -0.2) is 13.4 Å². The molecule has 1 N–H and O–H groups in total. The molecule has 0 bridgehead atoms. The standard InChI is InChI=1S/C25H32N4O3S/c1-18-9-10-22(17-19(18)2)33(31,32)28-15-11-21(12-16-28)25(30)26-13-6-14-29-20(3)27-23-7-4-5-8-24(23)29/h4-5,7-10,17,21H,6,11-16H2,1-3H3,(H,26,30). The van der Waals surface area contributed by atoms with Gasteiger partial charge in [0.15, 0.2) is 0 Å². The summed E-state index contributed by atoms with van der Waals surface area (Å²) in [6.45, 7) is 8.00. The molecular formula is C25H32N4O3S. The number of aromatic nitrogens is 2. The minimum atomic E-state index is -3.53. The van der Waals surface area contributed by atoms with Gasteiger partial charge in [-0.3, -0.25) is 4.79 Å². The molecule has 0 saturated carbocycles. The number of nitrogens with one attached hydrogen (secondary N) is 1. The highest BCUT2D eigenvalue weighted by Crippen LogP contribution is 2.25. The van der Waals surface area contributed by atoms with E-state index in [0.29, 0.717) is 37.4 Å². The van der Waals surface area contributed by atoms with Crippen molar-refractivity contribution < 1.29 is 13.2 Å². The first-order valence-corrected chi connectivity index (χ1v) is 13.0. The van der Waals surface area contributed by atoms with E-state index in [0.717, 1.165) is 41.0 Å². The highest BCUT2D eigenvalue weighted by atomic mass is 32.2. The van der Waals surface area contributed by atoms with Crippen LogP contribution in [0.25, 0.3) is 11.0 Å². The topological polar surface area (TPSA) is 84.3 Å². The van der Waals surface area contributed by atoms with Crippen LogP contribution < -0.4 is 5.32 Å². The molecule has 0 unspecified atom stereocenters. The van der Waals surface area contributed by atoms with Gasteiger partial charge in [-0.1, -0.05) is 18.2 Å². The molecule has 1 aliphatic heterocycles. The second kappa shape index (κ2) is 9.65. The highest BCUT2D eigenvalue weighted by molar-refractivity contribution is 7.89. The first kappa shape index (κ1) is 23.4. The monoisotopic (exact) mass is 468 g/mol. The summed E-state index contributed by atoms with van der Waals surface area (Å²) in [5.74, 6) is 0.845. The molecule has 1 aromatic heterocycles. The second-order valence-electron chi connectivity index (χ2n) is 8.87. The maximum absolute atomic E-state index is 13.0. The Labute approximate surface area is 195 Å². The highest BCUT2D eigenvalue weighted by Gasteiger charge is 2.32. The fraction of sp³-hybridized carbons (Fsp3) is 0.440. The van der Waals surface area contributed by atoms with E-state index < -0.39 is 10.0 Å². The van der Waals surface area contributed by atoms with Gasteiger partial charge >= 0.3 is 0 Å². The lowest BCUT2D eigenvalue weighted by atomic mass is 9.97.